The van der Waals surface area contributed by atoms with Crippen LogP contribution in [0.25, 0.3) is 0 Å². The number of hydrogen-bond donors (Lipinski definition) is 1. The van der Waals surface area contributed by atoms with Crippen molar-refractivity contribution in [1.82, 2.24) is 29.9 Å². The number of halogens is 2. The fraction of sp³-hybridized carbons (Fsp3) is 0.106. The molecule has 284 valence electrons. The summed E-state index contributed by atoms with van der Waals surface area (Å²) in [5.41, 5.74) is 14.2. The zero-order valence-corrected chi connectivity index (χ0v) is 32.5. The van der Waals surface area contributed by atoms with Crippen molar-refractivity contribution >= 4 is 23.2 Å². The van der Waals surface area contributed by atoms with E-state index >= 15 is 0 Å². The lowest BCUT2D eigenvalue weighted by atomic mass is 9.61. The van der Waals surface area contributed by atoms with Crippen LogP contribution >= 0.6 is 23.2 Å². The van der Waals surface area contributed by atoms with Gasteiger partial charge in [-0.2, -0.15) is 19.9 Å². The number of aromatic nitrogens is 6. The summed E-state index contributed by atoms with van der Waals surface area (Å²) in [6.45, 7) is 1.74. The SMILES string of the molecule is Cc1nc(Cl)nc(Oc2ccc3c(c2)C2c4ccccc4[C@@H]3c3ccc(Oc4nc(Cl)nc(Oc5ccc6c(c5)C5c7ccccc7[C@@H]6c6ccc(O)cc65)n4)cc32)n1. The van der Waals surface area contributed by atoms with Crippen LogP contribution in [-0.2, 0) is 0 Å². The maximum Gasteiger partial charge on any atom is 0.329 e. The molecule has 6 aromatic carbocycles. The van der Waals surface area contributed by atoms with Crippen LogP contribution in [0.4, 0.5) is 0 Å². The first-order valence-electron chi connectivity index (χ1n) is 19.1. The lowest BCUT2D eigenvalue weighted by Gasteiger charge is -2.42. The van der Waals surface area contributed by atoms with Crippen molar-refractivity contribution in [3.8, 4) is 41.0 Å². The van der Waals surface area contributed by atoms with Gasteiger partial charge in [0.15, 0.2) is 0 Å². The van der Waals surface area contributed by atoms with Crippen LogP contribution in [-0.4, -0.2) is 35.0 Å². The molecule has 4 atom stereocenters. The molecule has 0 saturated carbocycles. The molecule has 1 N–H and O–H groups in total. The zero-order chi connectivity index (χ0) is 39.5. The first-order valence-corrected chi connectivity index (χ1v) is 19.8. The van der Waals surface area contributed by atoms with Crippen molar-refractivity contribution in [2.24, 2.45) is 0 Å². The summed E-state index contributed by atoms with van der Waals surface area (Å²) in [4.78, 5) is 25.6. The highest BCUT2D eigenvalue weighted by atomic mass is 35.5. The number of rotatable bonds is 6. The molecule has 6 aliphatic rings. The van der Waals surface area contributed by atoms with E-state index in [4.69, 9.17) is 37.4 Å². The third-order valence-electron chi connectivity index (χ3n) is 11.9. The number of phenols is 1. The van der Waals surface area contributed by atoms with Gasteiger partial charge < -0.3 is 19.3 Å². The van der Waals surface area contributed by atoms with Gasteiger partial charge in [0.25, 0.3) is 0 Å². The molecule has 10 nitrogen and oxygen atoms in total. The molecule has 0 aliphatic heterocycles. The van der Waals surface area contributed by atoms with E-state index in [2.05, 4.69) is 103 Å². The highest BCUT2D eigenvalue weighted by Crippen LogP contribution is 2.58. The summed E-state index contributed by atoms with van der Waals surface area (Å²) in [5.74, 6) is 2.30. The third kappa shape index (κ3) is 5.40. The van der Waals surface area contributed by atoms with E-state index < -0.39 is 0 Å². The minimum absolute atomic E-state index is 0.000873. The van der Waals surface area contributed by atoms with Crippen molar-refractivity contribution in [2.45, 2.75) is 30.6 Å². The fourth-order valence-electron chi connectivity index (χ4n) is 9.74. The molecule has 2 aromatic heterocycles. The number of aryl methyl sites for hydroxylation is 1. The van der Waals surface area contributed by atoms with E-state index in [0.29, 0.717) is 23.1 Å². The van der Waals surface area contributed by atoms with Crippen LogP contribution in [0.2, 0.25) is 10.6 Å². The van der Waals surface area contributed by atoms with Gasteiger partial charge in [0.2, 0.25) is 10.6 Å². The Bertz CT molecular complexity index is 3090. The minimum atomic E-state index is -0.0972. The number of nitrogens with zero attached hydrogens (tertiary/aromatic N) is 6. The molecule has 4 bridgehead atoms. The predicted octanol–water partition coefficient (Wildman–Crippen LogP) is 10.7. The van der Waals surface area contributed by atoms with Crippen molar-refractivity contribution in [3.63, 3.8) is 0 Å². The topological polar surface area (TPSA) is 125 Å². The molecule has 0 saturated heterocycles. The Hall–Kier alpha value is -6.88. The molecule has 2 unspecified atom stereocenters. The highest BCUT2D eigenvalue weighted by Gasteiger charge is 2.43. The molecule has 0 amide bonds. The van der Waals surface area contributed by atoms with Gasteiger partial charge in [-0.05, 0) is 145 Å². The van der Waals surface area contributed by atoms with Crippen LogP contribution in [0.3, 0.4) is 0 Å². The Morgan fingerprint density at radius 3 is 1.15 bits per heavy atom. The first-order chi connectivity index (χ1) is 28.8. The zero-order valence-electron chi connectivity index (χ0n) is 31.0. The van der Waals surface area contributed by atoms with Crippen molar-refractivity contribution in [2.75, 3.05) is 0 Å². The number of hydrogen-bond acceptors (Lipinski definition) is 10. The number of aromatic hydroxyl groups is 1. The maximum absolute atomic E-state index is 10.5. The van der Waals surface area contributed by atoms with Crippen molar-refractivity contribution in [3.05, 3.63) is 204 Å². The molecular formula is C47H28Cl2N6O4. The Balaban J connectivity index is 0.856. The maximum atomic E-state index is 10.5. The molecule has 8 aromatic rings. The number of benzene rings is 6. The molecule has 0 spiro atoms. The van der Waals surface area contributed by atoms with Crippen LogP contribution in [0.1, 0.15) is 96.3 Å². The van der Waals surface area contributed by atoms with Gasteiger partial charge in [0, 0.05) is 23.7 Å². The van der Waals surface area contributed by atoms with Gasteiger partial charge in [0.1, 0.15) is 28.8 Å². The normalized spacial score (nSPS) is 18.2. The second-order valence-corrected chi connectivity index (χ2v) is 15.8. The van der Waals surface area contributed by atoms with Gasteiger partial charge in [-0.1, -0.05) is 72.8 Å². The van der Waals surface area contributed by atoms with E-state index in [0.717, 1.165) is 22.3 Å². The minimum Gasteiger partial charge on any atom is -0.508 e. The molecule has 0 fully saturated rings. The molecule has 6 aliphatic carbocycles. The number of ether oxygens (including phenoxy) is 3. The summed E-state index contributed by atoms with van der Waals surface area (Å²) in [6, 6.07) is 41.1. The van der Waals surface area contributed by atoms with Gasteiger partial charge in [0.05, 0.1) is 0 Å². The molecule has 0 radical (unpaired) electrons. The summed E-state index contributed by atoms with van der Waals surface area (Å²) >= 11 is 12.6. The lowest BCUT2D eigenvalue weighted by molar-refractivity contribution is 0.396. The summed E-state index contributed by atoms with van der Waals surface area (Å²) in [7, 11) is 0. The Labute approximate surface area is 347 Å². The molecule has 2 heterocycles. The summed E-state index contributed by atoms with van der Waals surface area (Å²) in [6.07, 6.45) is 0. The van der Waals surface area contributed by atoms with Crippen LogP contribution < -0.4 is 14.2 Å². The van der Waals surface area contributed by atoms with Gasteiger partial charge in [-0.3, -0.25) is 0 Å². The van der Waals surface area contributed by atoms with Crippen LogP contribution in [0.5, 0.6) is 41.0 Å². The third-order valence-corrected chi connectivity index (χ3v) is 12.2. The smallest absolute Gasteiger partial charge is 0.329 e. The first kappa shape index (κ1) is 34.2. The standard InChI is InChI=1S/C47H28Cl2N6O4/c1-22-50-43(48)52-45(51-22)57-24-11-15-33-37(19-24)42-30-9-5-3-7-28(30)40(33)34-17-13-26(21-38(34)42)59-47-54-44(49)53-46(55-47)58-25-12-16-32-36(20-25)41-29-8-4-2-6-27(29)39(32)31-14-10-23(56)18-35(31)41/h2-21,39-42,56H,1H3/t39-,40+,41?,42?/m1/s1. The molecule has 59 heavy (non-hydrogen) atoms. The largest absolute Gasteiger partial charge is 0.508 e. The Kier molecular flexibility index (Phi) is 7.42. The van der Waals surface area contributed by atoms with E-state index in [9.17, 15) is 5.11 Å². The second kappa shape index (κ2) is 12.8. The molecule has 14 rings (SSSR count). The monoisotopic (exact) mass is 810 g/mol. The number of phenolic OH excluding ortho intramolecular Hbond substituents is 1. The average molecular weight is 812 g/mol. The van der Waals surface area contributed by atoms with E-state index in [1.807, 2.05) is 42.5 Å². The van der Waals surface area contributed by atoms with E-state index in [1.54, 1.807) is 13.0 Å². The van der Waals surface area contributed by atoms with Gasteiger partial charge in [-0.25, -0.2) is 4.98 Å². The van der Waals surface area contributed by atoms with Crippen molar-refractivity contribution in [1.29, 1.82) is 0 Å². The average Bonchev–Trinajstić information content (AvgIpc) is 3.22. The molecule has 12 heteroatoms. The van der Waals surface area contributed by atoms with E-state index in [1.165, 1.54) is 44.5 Å². The van der Waals surface area contributed by atoms with Gasteiger partial charge >= 0.3 is 18.0 Å². The summed E-state index contributed by atoms with van der Waals surface area (Å²) in [5, 5.41) is 10.5. The van der Waals surface area contributed by atoms with Crippen LogP contribution in [0, 0.1) is 6.92 Å². The highest BCUT2D eigenvalue weighted by molar-refractivity contribution is 6.28. The second-order valence-electron chi connectivity index (χ2n) is 15.1. The van der Waals surface area contributed by atoms with Crippen LogP contribution in [0.15, 0.2) is 121 Å². The predicted molar refractivity (Wildman–Crippen MR) is 219 cm³/mol. The van der Waals surface area contributed by atoms with E-state index in [-0.39, 0.29) is 58.0 Å². The molecular weight excluding hydrogens is 783 g/mol. The van der Waals surface area contributed by atoms with Gasteiger partial charge in [-0.15, -0.1) is 4.98 Å². The van der Waals surface area contributed by atoms with Crippen molar-refractivity contribution < 1.29 is 19.3 Å². The fourth-order valence-corrected chi connectivity index (χ4v) is 10.1. The quantitative estimate of drug-likeness (QED) is 0.173. The lowest BCUT2D eigenvalue weighted by Crippen LogP contribution is -2.27. The summed E-state index contributed by atoms with van der Waals surface area (Å²) < 4.78 is 18.7. The Morgan fingerprint density at radius 1 is 0.390 bits per heavy atom. The Morgan fingerprint density at radius 2 is 0.729 bits per heavy atom.